The molecule has 0 radical (unpaired) electrons. The number of nitrogens with zero attached hydrogens (tertiary/aromatic N) is 1. The van der Waals surface area contributed by atoms with E-state index in [0.29, 0.717) is 11.3 Å². The summed E-state index contributed by atoms with van der Waals surface area (Å²) in [4.78, 5) is 15.9. The Bertz CT molecular complexity index is 812. The van der Waals surface area contributed by atoms with Crippen LogP contribution in [0.25, 0.3) is 6.08 Å². The molecule has 0 fully saturated rings. The van der Waals surface area contributed by atoms with Crippen LogP contribution in [-0.2, 0) is 9.53 Å². The number of halogens is 2. The number of aliphatic imine (C=N–C) groups is 1. The van der Waals surface area contributed by atoms with Gasteiger partial charge in [0.05, 0.1) is 13.4 Å². The quantitative estimate of drug-likeness (QED) is 0.620. The second-order valence-corrected chi connectivity index (χ2v) is 4.60. The fourth-order valence-corrected chi connectivity index (χ4v) is 2.03. The van der Waals surface area contributed by atoms with Crippen molar-refractivity contribution in [1.29, 1.82) is 0 Å². The molecule has 2 heterocycles. The van der Waals surface area contributed by atoms with Gasteiger partial charge in [-0.1, -0.05) is 0 Å². The van der Waals surface area contributed by atoms with Gasteiger partial charge in [0.1, 0.15) is 5.76 Å². The SMILES string of the molecule is COc1cc(C2=N/C(=C\c3ccco3)C(=O)O2)ccc1OC(F)F. The van der Waals surface area contributed by atoms with Crippen molar-refractivity contribution in [2.45, 2.75) is 6.61 Å². The number of furan rings is 1. The number of carbonyl (C=O) groups excluding carboxylic acids is 1. The van der Waals surface area contributed by atoms with Crippen molar-refractivity contribution in [2.24, 2.45) is 4.99 Å². The molecule has 0 spiro atoms. The molecule has 3 rings (SSSR count). The van der Waals surface area contributed by atoms with Crippen molar-refractivity contribution in [3.8, 4) is 11.5 Å². The highest BCUT2D eigenvalue weighted by Crippen LogP contribution is 2.31. The lowest BCUT2D eigenvalue weighted by Crippen LogP contribution is -2.07. The van der Waals surface area contributed by atoms with Gasteiger partial charge in [-0.25, -0.2) is 9.79 Å². The first kappa shape index (κ1) is 15.7. The van der Waals surface area contributed by atoms with Crippen molar-refractivity contribution in [3.05, 3.63) is 53.6 Å². The van der Waals surface area contributed by atoms with E-state index in [1.807, 2.05) is 0 Å². The van der Waals surface area contributed by atoms with Crippen LogP contribution in [0.4, 0.5) is 8.78 Å². The van der Waals surface area contributed by atoms with Crippen LogP contribution in [0.15, 0.2) is 51.7 Å². The van der Waals surface area contributed by atoms with Crippen LogP contribution < -0.4 is 9.47 Å². The van der Waals surface area contributed by atoms with E-state index in [0.717, 1.165) is 0 Å². The van der Waals surface area contributed by atoms with Crippen molar-refractivity contribution in [3.63, 3.8) is 0 Å². The first-order valence-corrected chi connectivity index (χ1v) is 6.76. The first-order chi connectivity index (χ1) is 11.6. The van der Waals surface area contributed by atoms with Crippen molar-refractivity contribution < 1.29 is 32.2 Å². The summed E-state index contributed by atoms with van der Waals surface area (Å²) in [5.41, 5.74) is 0.441. The minimum absolute atomic E-state index is 0.0275. The predicted molar refractivity (Wildman–Crippen MR) is 78.9 cm³/mol. The Morgan fingerprint density at radius 1 is 1.25 bits per heavy atom. The van der Waals surface area contributed by atoms with Gasteiger partial charge in [-0.3, -0.25) is 0 Å². The third-order valence-corrected chi connectivity index (χ3v) is 3.07. The van der Waals surface area contributed by atoms with E-state index < -0.39 is 12.6 Å². The number of carbonyl (C=O) groups is 1. The fraction of sp³-hybridized carbons (Fsp3) is 0.125. The van der Waals surface area contributed by atoms with E-state index in [-0.39, 0.29) is 23.1 Å². The smallest absolute Gasteiger partial charge is 0.387 e. The Hall–Kier alpha value is -3.16. The Morgan fingerprint density at radius 2 is 2.08 bits per heavy atom. The summed E-state index contributed by atoms with van der Waals surface area (Å²) in [7, 11) is 1.31. The zero-order valence-electron chi connectivity index (χ0n) is 12.4. The summed E-state index contributed by atoms with van der Waals surface area (Å²) in [6.45, 7) is -2.98. The van der Waals surface area contributed by atoms with E-state index in [1.54, 1.807) is 12.1 Å². The van der Waals surface area contributed by atoms with Gasteiger partial charge in [0, 0.05) is 11.6 Å². The number of esters is 1. The third-order valence-electron chi connectivity index (χ3n) is 3.07. The van der Waals surface area contributed by atoms with Crippen LogP contribution in [0.1, 0.15) is 11.3 Å². The number of rotatable bonds is 5. The van der Waals surface area contributed by atoms with Crippen LogP contribution in [0, 0.1) is 0 Å². The maximum absolute atomic E-state index is 12.3. The average Bonchev–Trinajstić information content (AvgIpc) is 3.18. The largest absolute Gasteiger partial charge is 0.493 e. The van der Waals surface area contributed by atoms with Crippen LogP contribution in [0.3, 0.4) is 0 Å². The van der Waals surface area contributed by atoms with Crippen molar-refractivity contribution >= 4 is 17.9 Å². The molecule has 6 nitrogen and oxygen atoms in total. The van der Waals surface area contributed by atoms with Gasteiger partial charge < -0.3 is 18.6 Å². The first-order valence-electron chi connectivity index (χ1n) is 6.76. The number of methoxy groups -OCH3 is 1. The molecule has 2 aromatic rings. The molecule has 0 amide bonds. The molecule has 0 bridgehead atoms. The number of cyclic esters (lactones) is 1. The summed E-state index contributed by atoms with van der Waals surface area (Å²) < 4.78 is 44.2. The maximum Gasteiger partial charge on any atom is 0.387 e. The second kappa shape index (κ2) is 6.53. The van der Waals surface area contributed by atoms with Crippen LogP contribution >= 0.6 is 0 Å². The van der Waals surface area contributed by atoms with Gasteiger partial charge in [0.25, 0.3) is 0 Å². The molecule has 1 aliphatic rings. The highest BCUT2D eigenvalue weighted by Gasteiger charge is 2.25. The number of benzene rings is 1. The molecule has 0 N–H and O–H groups in total. The van der Waals surface area contributed by atoms with Crippen LogP contribution in [0.5, 0.6) is 11.5 Å². The lowest BCUT2D eigenvalue weighted by molar-refractivity contribution is -0.129. The van der Waals surface area contributed by atoms with E-state index in [4.69, 9.17) is 13.9 Å². The zero-order chi connectivity index (χ0) is 17.1. The monoisotopic (exact) mass is 335 g/mol. The Morgan fingerprint density at radius 3 is 2.75 bits per heavy atom. The van der Waals surface area contributed by atoms with Gasteiger partial charge in [0.2, 0.25) is 5.90 Å². The average molecular weight is 335 g/mol. The van der Waals surface area contributed by atoms with E-state index in [9.17, 15) is 13.6 Å². The molecule has 1 aromatic heterocycles. The van der Waals surface area contributed by atoms with Crippen molar-refractivity contribution in [1.82, 2.24) is 0 Å². The lowest BCUT2D eigenvalue weighted by Gasteiger charge is -2.10. The Labute approximate surface area is 135 Å². The standard InChI is InChI=1S/C16H11F2NO5/c1-21-13-7-9(4-5-12(13)23-16(17)18)14-19-11(15(20)24-14)8-10-3-2-6-22-10/h2-8,16H,1H3/b11-8-. The molecule has 0 saturated carbocycles. The van der Waals surface area contributed by atoms with Crippen molar-refractivity contribution in [2.75, 3.05) is 7.11 Å². The minimum atomic E-state index is -2.98. The molecule has 0 aliphatic carbocycles. The molecule has 1 aliphatic heterocycles. The number of alkyl halides is 2. The molecule has 24 heavy (non-hydrogen) atoms. The summed E-state index contributed by atoms with van der Waals surface area (Å²) in [5, 5.41) is 0. The van der Waals surface area contributed by atoms with Gasteiger partial charge in [-0.2, -0.15) is 8.78 Å². The molecule has 0 saturated heterocycles. The van der Waals surface area contributed by atoms with Crippen LogP contribution in [-0.4, -0.2) is 25.6 Å². The lowest BCUT2D eigenvalue weighted by atomic mass is 10.2. The Balaban J connectivity index is 1.90. The van der Waals surface area contributed by atoms with Gasteiger partial charge >= 0.3 is 12.6 Å². The third kappa shape index (κ3) is 3.27. The predicted octanol–water partition coefficient (Wildman–Crippen LogP) is 3.23. The summed E-state index contributed by atoms with van der Waals surface area (Å²) in [5.74, 6) is -0.235. The van der Waals surface area contributed by atoms with Gasteiger partial charge in [-0.15, -0.1) is 0 Å². The molecule has 8 heteroatoms. The molecule has 124 valence electrons. The number of hydrogen-bond acceptors (Lipinski definition) is 6. The van der Waals surface area contributed by atoms with Crippen LogP contribution in [0.2, 0.25) is 0 Å². The van der Waals surface area contributed by atoms with Gasteiger partial charge in [0.15, 0.2) is 17.2 Å². The highest BCUT2D eigenvalue weighted by atomic mass is 19.3. The Kier molecular flexibility index (Phi) is 4.28. The normalized spacial score (nSPS) is 15.6. The molecular weight excluding hydrogens is 324 g/mol. The summed E-state index contributed by atoms with van der Waals surface area (Å²) in [6, 6.07) is 7.43. The number of ether oxygens (including phenoxy) is 3. The fourth-order valence-electron chi connectivity index (χ4n) is 2.03. The van der Waals surface area contributed by atoms with E-state index in [2.05, 4.69) is 9.73 Å². The topological polar surface area (TPSA) is 70.3 Å². The second-order valence-electron chi connectivity index (χ2n) is 4.60. The van der Waals surface area contributed by atoms with Gasteiger partial charge in [-0.05, 0) is 30.3 Å². The number of hydrogen-bond donors (Lipinski definition) is 0. The van der Waals surface area contributed by atoms with E-state index >= 15 is 0 Å². The minimum Gasteiger partial charge on any atom is -0.493 e. The molecular formula is C16H11F2NO5. The molecule has 0 unspecified atom stereocenters. The maximum atomic E-state index is 12.3. The summed E-state index contributed by atoms with van der Waals surface area (Å²) in [6.07, 6.45) is 2.89. The highest BCUT2D eigenvalue weighted by molar-refractivity contribution is 6.12. The zero-order valence-corrected chi connectivity index (χ0v) is 12.4. The molecule has 1 aromatic carbocycles. The van der Waals surface area contributed by atoms with E-state index in [1.165, 1.54) is 37.6 Å². The molecule has 0 atom stereocenters. The summed E-state index contributed by atoms with van der Waals surface area (Å²) >= 11 is 0.